The number of allylic oxidation sites excluding steroid dienone is 2. The minimum Gasteiger partial charge on any atom is -0.465 e. The molecule has 0 bridgehead atoms. The highest BCUT2D eigenvalue weighted by Crippen LogP contribution is 2.44. The topological polar surface area (TPSA) is 200 Å². The van der Waals surface area contributed by atoms with Gasteiger partial charge in [0.25, 0.3) is 0 Å². The van der Waals surface area contributed by atoms with Gasteiger partial charge < -0.3 is 19.9 Å². The van der Waals surface area contributed by atoms with E-state index >= 15 is 0 Å². The Morgan fingerprint density at radius 3 is 1.70 bits per heavy atom. The average Bonchev–Trinajstić information content (AvgIpc) is 3.45. The second-order valence-electron chi connectivity index (χ2n) is 12.7. The van der Waals surface area contributed by atoms with Crippen LogP contribution in [0.2, 0.25) is 0 Å². The lowest BCUT2D eigenvalue weighted by Crippen LogP contribution is -2.14. The molecule has 0 heterocycles. The Labute approximate surface area is 323 Å². The van der Waals surface area contributed by atoms with Crippen LogP contribution in [-0.4, -0.2) is 38.2 Å². The van der Waals surface area contributed by atoms with Gasteiger partial charge in [-0.3, -0.25) is 0 Å². The lowest BCUT2D eigenvalue weighted by atomic mass is 9.87. The third kappa shape index (κ3) is 7.26. The van der Waals surface area contributed by atoms with Gasteiger partial charge in [-0.2, -0.15) is 21.0 Å². The Balaban J connectivity index is 1.99. The second-order valence-corrected chi connectivity index (χ2v) is 12.7. The van der Waals surface area contributed by atoms with Gasteiger partial charge in [0.1, 0.15) is 35.4 Å². The summed E-state index contributed by atoms with van der Waals surface area (Å²) in [6.45, 7) is 7.41. The third-order valence-corrected chi connectivity index (χ3v) is 9.25. The zero-order valence-corrected chi connectivity index (χ0v) is 31.3. The van der Waals surface area contributed by atoms with Crippen LogP contribution in [0.15, 0.2) is 84.4 Å². The van der Waals surface area contributed by atoms with E-state index in [0.717, 1.165) is 5.56 Å². The Kier molecular flexibility index (Phi) is 11.9. The van der Waals surface area contributed by atoms with Gasteiger partial charge in [0.15, 0.2) is 0 Å². The van der Waals surface area contributed by atoms with Crippen LogP contribution >= 0.6 is 0 Å². The molecule has 11 nitrogen and oxygen atoms in total. The Bertz CT molecular complexity index is 2590. The van der Waals surface area contributed by atoms with Crippen molar-refractivity contribution in [2.45, 2.75) is 33.6 Å². The highest BCUT2D eigenvalue weighted by atomic mass is 16.5. The van der Waals surface area contributed by atoms with Crippen molar-refractivity contribution < 1.29 is 28.6 Å². The van der Waals surface area contributed by atoms with Crippen LogP contribution in [0.1, 0.15) is 81.4 Å². The zero-order chi connectivity index (χ0) is 40.7. The van der Waals surface area contributed by atoms with Crippen molar-refractivity contribution >= 4 is 40.3 Å². The molecule has 0 fully saturated rings. The van der Waals surface area contributed by atoms with Crippen molar-refractivity contribution in [3.8, 4) is 46.5 Å². The first-order chi connectivity index (χ1) is 27.0. The molecule has 4 aliphatic carbocycles. The molecule has 5 rings (SSSR count). The Hall–Kier alpha value is -7.73. The lowest BCUT2D eigenvalue weighted by molar-refractivity contribution is 0.0525. The molecular weight excluding hydrogens is 707 g/mol. The van der Waals surface area contributed by atoms with Crippen LogP contribution in [0.3, 0.4) is 0 Å². The van der Waals surface area contributed by atoms with Gasteiger partial charge in [-0.25, -0.2) is 14.4 Å². The molecule has 0 radical (unpaired) electrons. The fourth-order valence-electron chi connectivity index (χ4n) is 6.63. The summed E-state index contributed by atoms with van der Waals surface area (Å²) in [4.78, 5) is 39.9. The molecule has 0 aliphatic heterocycles. The lowest BCUT2D eigenvalue weighted by Gasteiger charge is -2.14. The van der Waals surface area contributed by atoms with Crippen LogP contribution in [0.5, 0.6) is 0 Å². The molecule has 276 valence electrons. The number of nitriles is 4. The van der Waals surface area contributed by atoms with Gasteiger partial charge in [-0.1, -0.05) is 86.6 Å². The van der Waals surface area contributed by atoms with Gasteiger partial charge in [-0.15, -0.1) is 0 Å². The van der Waals surface area contributed by atoms with Crippen molar-refractivity contribution in [1.29, 1.82) is 21.0 Å². The quantitative estimate of drug-likeness (QED) is 0.0965. The number of nitrogens with two attached hydrogens (primary N) is 1. The van der Waals surface area contributed by atoms with E-state index in [4.69, 9.17) is 19.9 Å². The summed E-state index contributed by atoms with van der Waals surface area (Å²) in [5, 5.41) is 41.0. The van der Waals surface area contributed by atoms with Gasteiger partial charge in [0.05, 0.1) is 42.7 Å². The molecule has 0 unspecified atom stereocenters. The summed E-state index contributed by atoms with van der Waals surface area (Å²) >= 11 is 0. The number of ether oxygens (including phenoxy) is 3. The highest BCUT2D eigenvalue weighted by molar-refractivity contribution is 6.17. The summed E-state index contributed by atoms with van der Waals surface area (Å²) < 4.78 is 15.8. The number of fused-ring (bicyclic) bond motifs is 2. The van der Waals surface area contributed by atoms with Crippen LogP contribution in [-0.2, 0) is 14.2 Å². The molecule has 1 aromatic rings. The fraction of sp³-hybridized carbons (Fsp3) is 0.178. The molecule has 4 aliphatic rings. The van der Waals surface area contributed by atoms with Gasteiger partial charge in [0, 0.05) is 10.8 Å². The fourth-order valence-corrected chi connectivity index (χ4v) is 6.63. The van der Waals surface area contributed by atoms with E-state index in [1.54, 1.807) is 68.4 Å². The summed E-state index contributed by atoms with van der Waals surface area (Å²) in [7, 11) is 1.28. The maximum atomic E-state index is 13.4. The minimum absolute atomic E-state index is 0.0428. The standard InChI is InChI=1S/C45H35N5O6/c1-6-55-44(52)40-33-17-15-27(16-18-34(33)41(42(40)50)45(53)56-7-2)38(31(23-48)24-49)39(28-13-11-26(12-14-28)30(21-46)22-47)36-20-37(43(51)54-5)35-19-29(25(3)4)9-8-10-32(35)36/h8-20,25H,6-7,50H2,1-5H3. The van der Waals surface area contributed by atoms with E-state index in [-0.39, 0.29) is 69.4 Å². The van der Waals surface area contributed by atoms with E-state index in [0.29, 0.717) is 38.3 Å². The molecule has 0 amide bonds. The molecule has 0 saturated carbocycles. The largest absolute Gasteiger partial charge is 0.465 e. The van der Waals surface area contributed by atoms with Crippen molar-refractivity contribution in [2.75, 3.05) is 26.1 Å². The third-order valence-electron chi connectivity index (χ3n) is 9.25. The molecular formula is C45H35N5O6. The summed E-state index contributed by atoms with van der Waals surface area (Å²) in [6.07, 6.45) is 0. The summed E-state index contributed by atoms with van der Waals surface area (Å²) in [5.41, 5.74) is 9.98. The highest BCUT2D eigenvalue weighted by Gasteiger charge is 2.32. The zero-order valence-electron chi connectivity index (χ0n) is 31.3. The van der Waals surface area contributed by atoms with Crippen molar-refractivity contribution in [3.63, 3.8) is 0 Å². The number of nitrogens with zero attached hydrogens (tertiary/aromatic N) is 4. The molecule has 0 spiro atoms. The van der Waals surface area contributed by atoms with E-state index in [1.165, 1.54) is 7.11 Å². The minimum atomic E-state index is -0.755. The van der Waals surface area contributed by atoms with Gasteiger partial charge in [-0.05, 0) is 75.6 Å². The van der Waals surface area contributed by atoms with Crippen molar-refractivity contribution in [3.05, 3.63) is 128 Å². The van der Waals surface area contributed by atoms with Crippen molar-refractivity contribution in [2.24, 2.45) is 0 Å². The van der Waals surface area contributed by atoms with Gasteiger partial charge in [0.2, 0.25) is 0 Å². The first-order valence-corrected chi connectivity index (χ1v) is 17.5. The SMILES string of the molecule is CCOC(=O)c1c2ccc(C(=C(C#N)C#N)C(c3cc(C(=O)OC)c4cc(C(C)C)cccc3-4)=c3ccc(=C(C#N)C#N)cc3)ccc-2c(C(=O)OCC)c1N. The summed E-state index contributed by atoms with van der Waals surface area (Å²) in [5.74, 6) is -2.02. The number of hydrogen-bond acceptors (Lipinski definition) is 11. The first kappa shape index (κ1) is 39.5. The number of rotatable bonds is 9. The van der Waals surface area contributed by atoms with Gasteiger partial charge >= 0.3 is 17.9 Å². The molecule has 0 atom stereocenters. The molecule has 56 heavy (non-hydrogen) atoms. The van der Waals surface area contributed by atoms with Crippen LogP contribution in [0, 0.1) is 45.3 Å². The molecule has 0 saturated heterocycles. The second kappa shape index (κ2) is 16.9. The van der Waals surface area contributed by atoms with E-state index in [2.05, 4.69) is 0 Å². The Morgan fingerprint density at radius 2 is 1.21 bits per heavy atom. The van der Waals surface area contributed by atoms with E-state index in [1.807, 2.05) is 62.4 Å². The van der Waals surface area contributed by atoms with E-state index < -0.39 is 17.9 Å². The number of carbonyl (C=O) groups excluding carboxylic acids is 3. The predicted octanol–water partition coefficient (Wildman–Crippen LogP) is 6.64. The van der Waals surface area contributed by atoms with Crippen LogP contribution in [0.25, 0.3) is 39.0 Å². The predicted molar refractivity (Wildman–Crippen MR) is 209 cm³/mol. The monoisotopic (exact) mass is 741 g/mol. The number of nitrogen functional groups attached to an aromatic ring is 1. The van der Waals surface area contributed by atoms with Crippen molar-refractivity contribution in [1.82, 2.24) is 0 Å². The number of anilines is 1. The summed E-state index contributed by atoms with van der Waals surface area (Å²) in [6, 6.07) is 29.8. The number of esters is 3. The molecule has 2 N–H and O–H groups in total. The Morgan fingerprint density at radius 1 is 0.661 bits per heavy atom. The smallest absolute Gasteiger partial charge is 0.340 e. The number of hydrogen-bond donors (Lipinski definition) is 1. The van der Waals surface area contributed by atoms with Crippen LogP contribution in [0.4, 0.5) is 5.69 Å². The average molecular weight is 742 g/mol. The normalized spacial score (nSPS) is 10.4. The number of carbonyl (C=O) groups is 3. The maximum Gasteiger partial charge on any atom is 0.340 e. The molecule has 11 heteroatoms. The maximum absolute atomic E-state index is 13.4. The van der Waals surface area contributed by atoms with Crippen LogP contribution < -0.4 is 16.2 Å². The number of benzene rings is 1. The van der Waals surface area contributed by atoms with E-state index in [9.17, 15) is 35.4 Å². The molecule has 0 aromatic heterocycles. The first-order valence-electron chi connectivity index (χ1n) is 17.5. The molecule has 1 aromatic carbocycles. The number of methoxy groups -OCH3 is 1.